The lowest BCUT2D eigenvalue weighted by atomic mass is 10.1. The minimum absolute atomic E-state index is 0.313. The summed E-state index contributed by atoms with van der Waals surface area (Å²) < 4.78 is 5.66. The lowest BCUT2D eigenvalue weighted by Crippen LogP contribution is -2.13. The van der Waals surface area contributed by atoms with Crippen LogP contribution in [0.5, 0.6) is 11.5 Å². The zero-order chi connectivity index (χ0) is 13.9. The third kappa shape index (κ3) is 2.74. The molecule has 0 saturated heterocycles. The Labute approximate surface area is 123 Å². The fourth-order valence-corrected chi connectivity index (χ4v) is 2.73. The lowest BCUT2D eigenvalue weighted by molar-refractivity contribution is 0.352. The smallest absolute Gasteiger partial charge is 0.127 e. The minimum atomic E-state index is 0.313. The molecule has 0 fully saturated rings. The van der Waals surface area contributed by atoms with Crippen molar-refractivity contribution in [2.24, 2.45) is 0 Å². The van der Waals surface area contributed by atoms with Gasteiger partial charge in [-0.05, 0) is 23.8 Å². The van der Waals surface area contributed by atoms with Gasteiger partial charge in [-0.15, -0.1) is 0 Å². The first kappa shape index (κ1) is 13.3. The number of halogens is 1. The van der Waals surface area contributed by atoms with Gasteiger partial charge in [0.2, 0.25) is 0 Å². The molecule has 0 bridgehead atoms. The lowest BCUT2D eigenvalue weighted by Gasteiger charge is -2.11. The molecule has 0 spiro atoms. The van der Waals surface area contributed by atoms with Crippen LogP contribution in [-0.4, -0.2) is 11.7 Å². The number of nitrogens with one attached hydrogen (secondary N) is 1. The van der Waals surface area contributed by atoms with Gasteiger partial charge in [0, 0.05) is 35.7 Å². The summed E-state index contributed by atoms with van der Waals surface area (Å²) in [6.07, 6.45) is 0.919. The van der Waals surface area contributed by atoms with Crippen LogP contribution in [-0.2, 0) is 19.5 Å². The van der Waals surface area contributed by atoms with Crippen molar-refractivity contribution in [3.8, 4) is 11.5 Å². The molecule has 3 rings (SSSR count). The zero-order valence-electron chi connectivity index (χ0n) is 11.0. The Morgan fingerprint density at radius 1 is 1.15 bits per heavy atom. The standard InChI is InChI=1S/C16H16ClNO2/c17-14-7-11-5-6-20-16(11)13(8-14)10-18-9-12-3-1-2-4-15(12)19/h1-4,7-8,18-19H,5-6,9-10H2. The first-order chi connectivity index (χ1) is 9.74. The monoisotopic (exact) mass is 289 g/mol. The third-order valence-corrected chi connectivity index (χ3v) is 3.67. The number of benzene rings is 2. The van der Waals surface area contributed by atoms with Crippen molar-refractivity contribution in [3.05, 3.63) is 58.1 Å². The quantitative estimate of drug-likeness (QED) is 0.908. The van der Waals surface area contributed by atoms with E-state index >= 15 is 0 Å². The van der Waals surface area contributed by atoms with E-state index in [1.54, 1.807) is 6.07 Å². The molecule has 2 aromatic carbocycles. The van der Waals surface area contributed by atoms with Crippen molar-refractivity contribution in [3.63, 3.8) is 0 Å². The van der Waals surface area contributed by atoms with Crippen LogP contribution in [0.25, 0.3) is 0 Å². The van der Waals surface area contributed by atoms with Gasteiger partial charge in [-0.2, -0.15) is 0 Å². The Hall–Kier alpha value is -1.71. The van der Waals surface area contributed by atoms with Crippen LogP contribution < -0.4 is 10.1 Å². The summed E-state index contributed by atoms with van der Waals surface area (Å²) in [6.45, 7) is 1.99. The second-order valence-electron chi connectivity index (χ2n) is 4.88. The topological polar surface area (TPSA) is 41.5 Å². The van der Waals surface area contributed by atoms with Gasteiger partial charge in [0.1, 0.15) is 11.5 Å². The predicted molar refractivity (Wildman–Crippen MR) is 79.3 cm³/mol. The molecule has 0 aliphatic carbocycles. The van der Waals surface area contributed by atoms with Crippen LogP contribution in [0.15, 0.2) is 36.4 Å². The molecule has 0 atom stereocenters. The number of ether oxygens (including phenoxy) is 1. The van der Waals surface area contributed by atoms with Crippen molar-refractivity contribution in [1.82, 2.24) is 5.32 Å². The van der Waals surface area contributed by atoms with Gasteiger partial charge in [0.25, 0.3) is 0 Å². The van der Waals surface area contributed by atoms with Gasteiger partial charge in [-0.3, -0.25) is 0 Å². The van der Waals surface area contributed by atoms with Crippen LogP contribution in [0.2, 0.25) is 5.02 Å². The molecule has 1 aliphatic heterocycles. The Kier molecular flexibility index (Phi) is 3.81. The maximum absolute atomic E-state index is 9.72. The SMILES string of the molecule is Oc1ccccc1CNCc1cc(Cl)cc2c1OCC2. The Bertz CT molecular complexity index is 628. The molecule has 104 valence electrons. The molecule has 1 heterocycles. The van der Waals surface area contributed by atoms with Gasteiger partial charge in [0.05, 0.1) is 6.61 Å². The molecule has 4 heteroatoms. The van der Waals surface area contributed by atoms with Crippen LogP contribution in [0.4, 0.5) is 0 Å². The van der Waals surface area contributed by atoms with Gasteiger partial charge in [0.15, 0.2) is 0 Å². The Morgan fingerprint density at radius 2 is 1.95 bits per heavy atom. The molecule has 3 nitrogen and oxygen atoms in total. The average molecular weight is 290 g/mol. The van der Waals surface area contributed by atoms with Crippen LogP contribution in [0.3, 0.4) is 0 Å². The van der Waals surface area contributed by atoms with E-state index < -0.39 is 0 Å². The van der Waals surface area contributed by atoms with Crippen molar-refractivity contribution in [1.29, 1.82) is 0 Å². The number of aromatic hydroxyl groups is 1. The van der Waals surface area contributed by atoms with E-state index in [0.717, 1.165) is 34.9 Å². The predicted octanol–water partition coefficient (Wildman–Crippen LogP) is 3.27. The van der Waals surface area contributed by atoms with Crippen LogP contribution in [0, 0.1) is 0 Å². The third-order valence-electron chi connectivity index (χ3n) is 3.45. The number of hydrogen-bond donors (Lipinski definition) is 2. The fraction of sp³-hybridized carbons (Fsp3) is 0.250. The van der Waals surface area contributed by atoms with Crippen molar-refractivity contribution in [2.75, 3.05) is 6.61 Å². The first-order valence-corrected chi connectivity index (χ1v) is 7.03. The summed E-state index contributed by atoms with van der Waals surface area (Å²) in [6, 6.07) is 11.2. The highest BCUT2D eigenvalue weighted by Crippen LogP contribution is 2.32. The van der Waals surface area contributed by atoms with E-state index in [1.807, 2.05) is 30.3 Å². The molecule has 0 saturated carbocycles. The van der Waals surface area contributed by atoms with Gasteiger partial charge >= 0.3 is 0 Å². The van der Waals surface area contributed by atoms with E-state index in [-0.39, 0.29) is 0 Å². The number of hydrogen-bond acceptors (Lipinski definition) is 3. The minimum Gasteiger partial charge on any atom is -0.508 e. The normalized spacial score (nSPS) is 13.1. The maximum atomic E-state index is 9.72. The number of fused-ring (bicyclic) bond motifs is 1. The van der Waals surface area contributed by atoms with E-state index in [0.29, 0.717) is 18.8 Å². The molecule has 2 N–H and O–H groups in total. The largest absolute Gasteiger partial charge is 0.508 e. The fourth-order valence-electron chi connectivity index (χ4n) is 2.47. The number of phenolic OH excluding ortho intramolecular Hbond substituents is 1. The van der Waals surface area contributed by atoms with E-state index in [4.69, 9.17) is 16.3 Å². The molecular weight excluding hydrogens is 274 g/mol. The van der Waals surface area contributed by atoms with Crippen molar-refractivity contribution in [2.45, 2.75) is 19.5 Å². The molecule has 2 aromatic rings. The van der Waals surface area contributed by atoms with Gasteiger partial charge in [-0.25, -0.2) is 0 Å². The summed E-state index contributed by atoms with van der Waals surface area (Å²) >= 11 is 6.13. The highest BCUT2D eigenvalue weighted by Gasteiger charge is 2.17. The van der Waals surface area contributed by atoms with E-state index in [2.05, 4.69) is 5.32 Å². The second kappa shape index (κ2) is 5.73. The van der Waals surface area contributed by atoms with E-state index in [1.165, 1.54) is 5.56 Å². The molecule has 0 aromatic heterocycles. The Morgan fingerprint density at radius 3 is 2.80 bits per heavy atom. The maximum Gasteiger partial charge on any atom is 0.127 e. The van der Waals surface area contributed by atoms with Gasteiger partial charge in [-0.1, -0.05) is 29.8 Å². The average Bonchev–Trinajstić information content (AvgIpc) is 2.89. The molecular formula is C16H16ClNO2. The molecule has 0 amide bonds. The highest BCUT2D eigenvalue weighted by atomic mass is 35.5. The number of para-hydroxylation sites is 1. The first-order valence-electron chi connectivity index (χ1n) is 6.66. The second-order valence-corrected chi connectivity index (χ2v) is 5.32. The summed E-state index contributed by atoms with van der Waals surface area (Å²) in [4.78, 5) is 0. The Balaban J connectivity index is 1.69. The van der Waals surface area contributed by atoms with Crippen LogP contribution in [0.1, 0.15) is 16.7 Å². The highest BCUT2D eigenvalue weighted by molar-refractivity contribution is 6.30. The molecule has 20 heavy (non-hydrogen) atoms. The van der Waals surface area contributed by atoms with Crippen molar-refractivity contribution < 1.29 is 9.84 Å². The van der Waals surface area contributed by atoms with Gasteiger partial charge < -0.3 is 15.2 Å². The molecule has 1 aliphatic rings. The summed E-state index contributed by atoms with van der Waals surface area (Å²) in [5.41, 5.74) is 3.13. The van der Waals surface area contributed by atoms with E-state index in [9.17, 15) is 5.11 Å². The molecule has 0 radical (unpaired) electrons. The molecule has 0 unspecified atom stereocenters. The zero-order valence-corrected chi connectivity index (χ0v) is 11.8. The number of phenols is 1. The summed E-state index contributed by atoms with van der Waals surface area (Å²) in [5, 5.41) is 13.8. The summed E-state index contributed by atoms with van der Waals surface area (Å²) in [7, 11) is 0. The van der Waals surface area contributed by atoms with Crippen molar-refractivity contribution >= 4 is 11.6 Å². The number of rotatable bonds is 4. The van der Waals surface area contributed by atoms with Crippen LogP contribution >= 0.6 is 11.6 Å². The summed E-state index contributed by atoms with van der Waals surface area (Å²) in [5.74, 6) is 1.27.